The van der Waals surface area contributed by atoms with Gasteiger partial charge in [0.25, 0.3) is 0 Å². The van der Waals surface area contributed by atoms with E-state index in [4.69, 9.17) is 5.11 Å². The summed E-state index contributed by atoms with van der Waals surface area (Å²) in [5.74, 6) is -7.67. The lowest BCUT2D eigenvalue weighted by atomic mass is 10.3. The van der Waals surface area contributed by atoms with Gasteiger partial charge in [-0.15, -0.1) is 0 Å². The van der Waals surface area contributed by atoms with Gasteiger partial charge in [0.2, 0.25) is 0 Å². The van der Waals surface area contributed by atoms with Crippen molar-refractivity contribution >= 4 is 5.97 Å². The van der Waals surface area contributed by atoms with Gasteiger partial charge in [0, 0.05) is 0 Å². The zero-order chi connectivity index (χ0) is 9.28. The van der Waals surface area contributed by atoms with Gasteiger partial charge in [-0.05, 0) is 0 Å². The summed E-state index contributed by atoms with van der Waals surface area (Å²) in [6.45, 7) is 0. The zero-order valence-corrected chi connectivity index (χ0v) is 5.28. The van der Waals surface area contributed by atoms with E-state index in [1.165, 1.54) is 0 Å². The van der Waals surface area contributed by atoms with Gasteiger partial charge < -0.3 is 9.84 Å². The van der Waals surface area contributed by atoms with E-state index in [9.17, 15) is 22.4 Å². The van der Waals surface area contributed by atoms with Crippen LogP contribution in [0.3, 0.4) is 0 Å². The number of carbonyl (C=O) groups excluding carboxylic acids is 1. The number of rotatable bonds is 2. The van der Waals surface area contributed by atoms with Crippen LogP contribution < -0.4 is 0 Å². The molecule has 7 heteroatoms. The average Bonchev–Trinajstić information content (AvgIpc) is 1.83. The first-order valence-corrected chi connectivity index (χ1v) is 2.30. The van der Waals surface area contributed by atoms with Crippen LogP contribution in [-0.4, -0.2) is 30.2 Å². The standard InChI is InChI=1S/C4H4F4O3/c1-11-2(9)3(5,6)4(7,8)10/h10H,1H3. The quantitative estimate of drug-likeness (QED) is 0.488. The molecule has 0 aliphatic rings. The van der Waals surface area contributed by atoms with Crippen LogP contribution in [0.1, 0.15) is 0 Å². The van der Waals surface area contributed by atoms with Crippen molar-refractivity contribution in [2.45, 2.75) is 12.0 Å². The highest BCUT2D eigenvalue weighted by atomic mass is 19.3. The van der Waals surface area contributed by atoms with Crippen molar-refractivity contribution in [1.29, 1.82) is 0 Å². The van der Waals surface area contributed by atoms with Crippen LogP contribution in [0.15, 0.2) is 0 Å². The molecule has 0 heterocycles. The number of carbonyl (C=O) groups is 1. The number of ether oxygens (including phenoxy) is 1. The van der Waals surface area contributed by atoms with Gasteiger partial charge in [0.05, 0.1) is 7.11 Å². The Bertz CT molecular complexity index is 161. The third-order valence-corrected chi connectivity index (χ3v) is 0.820. The van der Waals surface area contributed by atoms with Crippen molar-refractivity contribution < 1.29 is 32.2 Å². The second-order valence-corrected chi connectivity index (χ2v) is 1.61. The summed E-state index contributed by atoms with van der Waals surface area (Å²) in [6.07, 6.45) is -5.39. The van der Waals surface area contributed by atoms with Gasteiger partial charge in [-0.25, -0.2) is 4.79 Å². The minimum Gasteiger partial charge on any atom is -0.464 e. The van der Waals surface area contributed by atoms with Crippen LogP contribution in [0.25, 0.3) is 0 Å². The Morgan fingerprint density at radius 3 is 1.82 bits per heavy atom. The molecule has 0 saturated heterocycles. The van der Waals surface area contributed by atoms with Crippen molar-refractivity contribution in [2.24, 2.45) is 0 Å². The molecule has 0 unspecified atom stereocenters. The van der Waals surface area contributed by atoms with E-state index in [0.717, 1.165) is 0 Å². The first kappa shape index (κ1) is 10.2. The van der Waals surface area contributed by atoms with Gasteiger partial charge in [0.1, 0.15) is 0 Å². The molecule has 0 spiro atoms. The van der Waals surface area contributed by atoms with Crippen LogP contribution in [0.2, 0.25) is 0 Å². The molecule has 0 aliphatic heterocycles. The highest BCUT2D eigenvalue weighted by molar-refractivity contribution is 5.78. The SMILES string of the molecule is COC(=O)C(F)(F)C(O)(F)F. The Morgan fingerprint density at radius 1 is 1.36 bits per heavy atom. The van der Waals surface area contributed by atoms with Gasteiger partial charge in [0.15, 0.2) is 0 Å². The van der Waals surface area contributed by atoms with Gasteiger partial charge in [-0.3, -0.25) is 0 Å². The first-order chi connectivity index (χ1) is 4.73. The maximum absolute atomic E-state index is 11.8. The molecule has 1 N–H and O–H groups in total. The van der Waals surface area contributed by atoms with Crippen LogP contribution in [0.5, 0.6) is 0 Å². The minimum absolute atomic E-state index is 0.502. The Balaban J connectivity index is 4.59. The number of hydrogen-bond donors (Lipinski definition) is 1. The minimum atomic E-state index is -5.39. The van der Waals surface area contributed by atoms with E-state index in [0.29, 0.717) is 7.11 Å². The molecule has 66 valence electrons. The summed E-state index contributed by atoms with van der Waals surface area (Å²) >= 11 is 0. The molecular formula is C4H4F4O3. The number of halogens is 4. The molecule has 0 aromatic heterocycles. The number of aliphatic hydroxyl groups is 1. The fraction of sp³-hybridized carbons (Fsp3) is 0.750. The highest BCUT2D eigenvalue weighted by Gasteiger charge is 2.62. The molecular weight excluding hydrogens is 172 g/mol. The lowest BCUT2D eigenvalue weighted by Gasteiger charge is -2.17. The molecule has 0 aliphatic carbocycles. The number of alkyl halides is 4. The highest BCUT2D eigenvalue weighted by Crippen LogP contribution is 2.32. The Morgan fingerprint density at radius 2 is 1.73 bits per heavy atom. The zero-order valence-electron chi connectivity index (χ0n) is 5.28. The summed E-state index contributed by atoms with van der Waals surface area (Å²) in [6, 6.07) is 0. The molecule has 0 bridgehead atoms. The van der Waals surface area contributed by atoms with E-state index < -0.39 is 18.0 Å². The van der Waals surface area contributed by atoms with E-state index >= 15 is 0 Å². The molecule has 0 fully saturated rings. The van der Waals surface area contributed by atoms with Crippen LogP contribution in [-0.2, 0) is 9.53 Å². The predicted octanol–water partition coefficient (Wildman–Crippen LogP) is 0.380. The largest absolute Gasteiger partial charge is 0.464 e. The maximum Gasteiger partial charge on any atom is 0.431 e. The molecule has 0 amide bonds. The Kier molecular flexibility index (Phi) is 2.44. The predicted molar refractivity (Wildman–Crippen MR) is 24.1 cm³/mol. The number of esters is 1. The topological polar surface area (TPSA) is 46.5 Å². The monoisotopic (exact) mass is 176 g/mol. The summed E-state index contributed by atoms with van der Waals surface area (Å²) < 4.78 is 49.9. The van der Waals surface area contributed by atoms with Crippen LogP contribution in [0.4, 0.5) is 17.6 Å². The summed E-state index contributed by atoms with van der Waals surface area (Å²) in [5.41, 5.74) is 0. The van der Waals surface area contributed by atoms with Crippen molar-refractivity contribution in [3.8, 4) is 0 Å². The van der Waals surface area contributed by atoms with E-state index in [1.54, 1.807) is 0 Å². The Hall–Kier alpha value is -0.850. The second-order valence-electron chi connectivity index (χ2n) is 1.61. The van der Waals surface area contributed by atoms with Crippen molar-refractivity contribution in [3.05, 3.63) is 0 Å². The number of methoxy groups -OCH3 is 1. The fourth-order valence-corrected chi connectivity index (χ4v) is 0.251. The second kappa shape index (κ2) is 2.65. The Labute approximate surface area is 58.6 Å². The third-order valence-electron chi connectivity index (χ3n) is 0.820. The van der Waals surface area contributed by atoms with Crippen molar-refractivity contribution in [3.63, 3.8) is 0 Å². The van der Waals surface area contributed by atoms with Gasteiger partial charge in [-0.1, -0.05) is 0 Å². The van der Waals surface area contributed by atoms with E-state index in [2.05, 4.69) is 4.74 Å². The molecule has 0 radical (unpaired) electrons. The summed E-state index contributed by atoms with van der Waals surface area (Å²) in [7, 11) is 0.502. The van der Waals surface area contributed by atoms with E-state index in [1.807, 2.05) is 0 Å². The number of hydrogen-bond acceptors (Lipinski definition) is 3. The first-order valence-electron chi connectivity index (χ1n) is 2.30. The molecule has 3 nitrogen and oxygen atoms in total. The lowest BCUT2D eigenvalue weighted by Crippen LogP contribution is -2.47. The summed E-state index contributed by atoms with van der Waals surface area (Å²) in [5, 5.41) is 7.46. The molecule has 0 aromatic rings. The average molecular weight is 176 g/mol. The van der Waals surface area contributed by atoms with Gasteiger partial charge in [-0.2, -0.15) is 17.6 Å². The van der Waals surface area contributed by atoms with Crippen LogP contribution in [0, 0.1) is 0 Å². The molecule has 0 rings (SSSR count). The smallest absolute Gasteiger partial charge is 0.431 e. The van der Waals surface area contributed by atoms with Gasteiger partial charge >= 0.3 is 18.0 Å². The molecule has 0 atom stereocenters. The normalized spacial score (nSPS) is 12.9. The fourth-order valence-electron chi connectivity index (χ4n) is 0.251. The lowest BCUT2D eigenvalue weighted by molar-refractivity contribution is -0.317. The van der Waals surface area contributed by atoms with Crippen LogP contribution >= 0.6 is 0 Å². The van der Waals surface area contributed by atoms with Crippen molar-refractivity contribution in [2.75, 3.05) is 7.11 Å². The molecule has 0 saturated carbocycles. The molecule has 0 aromatic carbocycles. The third kappa shape index (κ3) is 1.79. The maximum atomic E-state index is 11.8. The van der Waals surface area contributed by atoms with Crippen molar-refractivity contribution in [1.82, 2.24) is 0 Å². The molecule has 11 heavy (non-hydrogen) atoms. The summed E-state index contributed by atoms with van der Waals surface area (Å²) in [4.78, 5) is 9.87. The van der Waals surface area contributed by atoms with E-state index in [-0.39, 0.29) is 0 Å².